The van der Waals surface area contributed by atoms with Crippen LogP contribution in [-0.2, 0) is 9.59 Å². The van der Waals surface area contributed by atoms with Crippen LogP contribution in [0.5, 0.6) is 0 Å². The molecule has 0 saturated carbocycles. The number of carboxylic acid groups (broad SMARTS) is 2. The lowest BCUT2D eigenvalue weighted by Crippen LogP contribution is -2.31. The van der Waals surface area contributed by atoms with E-state index in [2.05, 4.69) is 13.8 Å². The second kappa shape index (κ2) is 21.8. The fraction of sp³-hybridized carbons (Fsp3) is 0.929. The van der Waals surface area contributed by atoms with E-state index in [1.54, 1.807) is 0 Å². The van der Waals surface area contributed by atoms with E-state index in [1.165, 1.54) is 64.2 Å². The Morgan fingerprint density at radius 2 is 0.812 bits per heavy atom. The van der Waals surface area contributed by atoms with Gasteiger partial charge in [0.15, 0.2) is 0 Å². The molecule has 0 atom stereocenters. The SMILES string of the molecule is CCCCCCCCC(CCCCCCCC)(CCCCCCCCCC(=O)O)C(=O)O. The Hall–Kier alpha value is -1.06. The van der Waals surface area contributed by atoms with Gasteiger partial charge in [-0.05, 0) is 25.7 Å². The number of rotatable bonds is 25. The summed E-state index contributed by atoms with van der Waals surface area (Å²) in [7, 11) is 0. The van der Waals surface area contributed by atoms with Crippen LogP contribution in [0.15, 0.2) is 0 Å². The van der Waals surface area contributed by atoms with E-state index in [0.29, 0.717) is 0 Å². The first-order valence-corrected chi connectivity index (χ1v) is 13.9. The Bertz CT molecular complexity index is 431. The quantitative estimate of drug-likeness (QED) is 0.135. The molecule has 0 aromatic carbocycles. The molecule has 0 saturated heterocycles. The van der Waals surface area contributed by atoms with Gasteiger partial charge in [-0.15, -0.1) is 0 Å². The number of unbranched alkanes of at least 4 members (excludes halogenated alkanes) is 16. The molecule has 0 unspecified atom stereocenters. The fourth-order valence-corrected chi connectivity index (χ4v) is 4.81. The van der Waals surface area contributed by atoms with Crippen LogP contribution >= 0.6 is 0 Å². The van der Waals surface area contributed by atoms with Crippen LogP contribution in [0.1, 0.15) is 162 Å². The van der Waals surface area contributed by atoms with E-state index < -0.39 is 17.4 Å². The Balaban J connectivity index is 4.40. The Morgan fingerprint density at radius 1 is 0.500 bits per heavy atom. The van der Waals surface area contributed by atoms with Crippen molar-refractivity contribution in [2.24, 2.45) is 5.41 Å². The number of aliphatic carboxylic acids is 2. The Kier molecular flexibility index (Phi) is 21.0. The molecule has 32 heavy (non-hydrogen) atoms. The van der Waals surface area contributed by atoms with Gasteiger partial charge in [0.25, 0.3) is 0 Å². The van der Waals surface area contributed by atoms with Gasteiger partial charge in [-0.25, -0.2) is 0 Å². The summed E-state index contributed by atoms with van der Waals surface area (Å²) in [6.07, 6.45) is 24.6. The molecule has 0 amide bonds. The maximum atomic E-state index is 12.4. The fourth-order valence-electron chi connectivity index (χ4n) is 4.81. The van der Waals surface area contributed by atoms with E-state index in [9.17, 15) is 14.7 Å². The van der Waals surface area contributed by atoms with Crippen molar-refractivity contribution >= 4 is 11.9 Å². The molecular weight excluding hydrogens is 400 g/mol. The van der Waals surface area contributed by atoms with Gasteiger partial charge < -0.3 is 10.2 Å². The van der Waals surface area contributed by atoms with Crippen LogP contribution in [0.2, 0.25) is 0 Å². The Labute approximate surface area is 199 Å². The van der Waals surface area contributed by atoms with Gasteiger partial charge in [0.2, 0.25) is 0 Å². The van der Waals surface area contributed by atoms with Crippen LogP contribution in [0.4, 0.5) is 0 Å². The van der Waals surface area contributed by atoms with Crippen LogP contribution in [0, 0.1) is 5.41 Å². The van der Waals surface area contributed by atoms with Crippen molar-refractivity contribution < 1.29 is 19.8 Å². The molecule has 0 bridgehead atoms. The minimum absolute atomic E-state index is 0.276. The second-order valence-electron chi connectivity index (χ2n) is 9.99. The largest absolute Gasteiger partial charge is 0.481 e. The predicted molar refractivity (Wildman–Crippen MR) is 135 cm³/mol. The molecule has 0 aliphatic heterocycles. The van der Waals surface area contributed by atoms with Crippen molar-refractivity contribution in [1.82, 2.24) is 0 Å². The molecule has 0 radical (unpaired) electrons. The molecule has 4 heteroatoms. The first-order chi connectivity index (χ1) is 15.5. The summed E-state index contributed by atoms with van der Waals surface area (Å²) in [5.41, 5.74) is -0.517. The Morgan fingerprint density at radius 3 is 1.12 bits per heavy atom. The minimum Gasteiger partial charge on any atom is -0.481 e. The predicted octanol–water partition coefficient (Wildman–Crippen LogP) is 9.15. The average molecular weight is 455 g/mol. The first-order valence-electron chi connectivity index (χ1n) is 13.9. The molecule has 2 N–H and O–H groups in total. The zero-order valence-corrected chi connectivity index (χ0v) is 21.5. The third kappa shape index (κ3) is 17.5. The van der Waals surface area contributed by atoms with Gasteiger partial charge >= 0.3 is 11.9 Å². The maximum Gasteiger partial charge on any atom is 0.309 e. The van der Waals surface area contributed by atoms with E-state index >= 15 is 0 Å². The van der Waals surface area contributed by atoms with E-state index in [1.807, 2.05) is 0 Å². The molecular formula is C28H54O4. The van der Waals surface area contributed by atoms with E-state index in [-0.39, 0.29) is 6.42 Å². The molecule has 0 aromatic heterocycles. The van der Waals surface area contributed by atoms with E-state index in [0.717, 1.165) is 77.0 Å². The zero-order chi connectivity index (χ0) is 23.9. The van der Waals surface area contributed by atoms with Crippen LogP contribution in [-0.4, -0.2) is 22.2 Å². The normalized spacial score (nSPS) is 11.7. The van der Waals surface area contributed by atoms with Crippen molar-refractivity contribution in [2.45, 2.75) is 162 Å². The summed E-state index contributed by atoms with van der Waals surface area (Å²) in [6, 6.07) is 0. The molecule has 0 rings (SSSR count). The minimum atomic E-state index is -0.703. The van der Waals surface area contributed by atoms with Crippen LogP contribution in [0.25, 0.3) is 0 Å². The topological polar surface area (TPSA) is 74.6 Å². The van der Waals surface area contributed by atoms with Crippen molar-refractivity contribution in [3.63, 3.8) is 0 Å². The van der Waals surface area contributed by atoms with Crippen molar-refractivity contribution in [3.05, 3.63) is 0 Å². The lowest BCUT2D eigenvalue weighted by Gasteiger charge is -2.30. The van der Waals surface area contributed by atoms with E-state index in [4.69, 9.17) is 5.11 Å². The lowest BCUT2D eigenvalue weighted by atomic mass is 9.74. The third-order valence-electron chi connectivity index (χ3n) is 7.02. The molecule has 0 fully saturated rings. The standard InChI is InChI=1S/C28H54O4/c1-3-5-7-9-15-19-23-28(27(31)32,24-20-16-10-8-6-4-2)25-21-17-13-11-12-14-18-22-26(29)30/h3-25H2,1-2H3,(H,29,30)(H,31,32). The van der Waals surface area contributed by atoms with Crippen molar-refractivity contribution in [1.29, 1.82) is 0 Å². The maximum absolute atomic E-state index is 12.4. The highest BCUT2D eigenvalue weighted by Crippen LogP contribution is 2.38. The molecule has 0 aliphatic rings. The number of hydrogen-bond donors (Lipinski definition) is 2. The van der Waals surface area contributed by atoms with Crippen molar-refractivity contribution in [2.75, 3.05) is 0 Å². The van der Waals surface area contributed by atoms with Gasteiger partial charge in [-0.1, -0.05) is 129 Å². The monoisotopic (exact) mass is 454 g/mol. The number of carboxylic acids is 2. The highest BCUT2D eigenvalue weighted by molar-refractivity contribution is 5.74. The summed E-state index contributed by atoms with van der Waals surface area (Å²) in [4.78, 5) is 23.0. The zero-order valence-electron chi connectivity index (χ0n) is 21.5. The highest BCUT2D eigenvalue weighted by atomic mass is 16.4. The van der Waals surface area contributed by atoms with Gasteiger partial charge in [-0.3, -0.25) is 9.59 Å². The molecule has 4 nitrogen and oxygen atoms in total. The molecule has 0 aliphatic carbocycles. The summed E-state index contributed by atoms with van der Waals surface area (Å²) in [6.45, 7) is 4.46. The third-order valence-corrected chi connectivity index (χ3v) is 7.02. The van der Waals surface area contributed by atoms with Gasteiger partial charge in [-0.2, -0.15) is 0 Å². The van der Waals surface area contributed by atoms with Gasteiger partial charge in [0.1, 0.15) is 0 Å². The van der Waals surface area contributed by atoms with Crippen LogP contribution < -0.4 is 0 Å². The van der Waals surface area contributed by atoms with Gasteiger partial charge in [0.05, 0.1) is 5.41 Å². The van der Waals surface area contributed by atoms with Gasteiger partial charge in [0, 0.05) is 6.42 Å². The van der Waals surface area contributed by atoms with Crippen molar-refractivity contribution in [3.8, 4) is 0 Å². The molecule has 190 valence electrons. The molecule has 0 aromatic rings. The summed E-state index contributed by atoms with van der Waals surface area (Å²) in [5, 5.41) is 18.9. The second-order valence-corrected chi connectivity index (χ2v) is 9.99. The molecule has 0 spiro atoms. The summed E-state index contributed by atoms with van der Waals surface area (Å²) in [5.74, 6) is -1.26. The number of hydrogen-bond acceptors (Lipinski definition) is 2. The summed E-state index contributed by atoms with van der Waals surface area (Å²) < 4.78 is 0. The summed E-state index contributed by atoms with van der Waals surface area (Å²) >= 11 is 0. The first kappa shape index (κ1) is 30.9. The highest BCUT2D eigenvalue weighted by Gasteiger charge is 2.36. The average Bonchev–Trinajstić information content (AvgIpc) is 2.76. The molecule has 0 heterocycles. The van der Waals surface area contributed by atoms with Crippen LogP contribution in [0.3, 0.4) is 0 Å². The smallest absolute Gasteiger partial charge is 0.309 e. The lowest BCUT2D eigenvalue weighted by molar-refractivity contribution is -0.151. The number of carbonyl (C=O) groups is 2.